The first-order valence-corrected chi connectivity index (χ1v) is 10.7. The van der Waals surface area contributed by atoms with Crippen molar-refractivity contribution in [3.63, 3.8) is 0 Å². The number of ether oxygens (including phenoxy) is 1. The Morgan fingerprint density at radius 2 is 1.97 bits per heavy atom. The highest BCUT2D eigenvalue weighted by Gasteiger charge is 2.22. The predicted octanol–water partition coefficient (Wildman–Crippen LogP) is 5.80. The standard InChI is InChI=1S/C24H24N2O3S/c1-16(2)18-8-6-17(7-9-18)13-23(27)26(15-20-5-4-12-29-20)24-25-21-11-10-19(28-3)14-22(21)30-24/h4-12,14,16H,13,15H2,1-3H3. The van der Waals surface area contributed by atoms with E-state index in [0.717, 1.165) is 27.3 Å². The summed E-state index contributed by atoms with van der Waals surface area (Å²) in [5, 5.41) is 0.651. The van der Waals surface area contributed by atoms with Crippen LogP contribution in [0.15, 0.2) is 65.3 Å². The van der Waals surface area contributed by atoms with Crippen molar-refractivity contribution >= 4 is 32.6 Å². The maximum Gasteiger partial charge on any atom is 0.233 e. The summed E-state index contributed by atoms with van der Waals surface area (Å²) in [6.07, 6.45) is 1.92. The Hall–Kier alpha value is -3.12. The summed E-state index contributed by atoms with van der Waals surface area (Å²) in [6, 6.07) is 17.7. The summed E-state index contributed by atoms with van der Waals surface area (Å²) in [6.45, 7) is 4.66. The second kappa shape index (κ2) is 8.71. The zero-order valence-corrected chi connectivity index (χ0v) is 18.1. The molecule has 0 fully saturated rings. The van der Waals surface area contributed by atoms with Crippen LogP contribution in [0.2, 0.25) is 0 Å². The van der Waals surface area contributed by atoms with Gasteiger partial charge >= 0.3 is 0 Å². The minimum Gasteiger partial charge on any atom is -0.497 e. The highest BCUT2D eigenvalue weighted by Crippen LogP contribution is 2.32. The van der Waals surface area contributed by atoms with E-state index >= 15 is 0 Å². The molecular formula is C24H24N2O3S. The molecule has 0 N–H and O–H groups in total. The SMILES string of the molecule is COc1ccc2nc(N(Cc3ccco3)C(=O)Cc3ccc(C(C)C)cc3)sc2c1. The van der Waals surface area contributed by atoms with Crippen LogP contribution in [0.5, 0.6) is 5.75 Å². The molecule has 0 radical (unpaired) electrons. The van der Waals surface area contributed by atoms with Crippen LogP contribution in [-0.2, 0) is 17.8 Å². The molecule has 0 aliphatic heterocycles. The molecular weight excluding hydrogens is 396 g/mol. The maximum atomic E-state index is 13.3. The number of aromatic nitrogens is 1. The van der Waals surface area contributed by atoms with E-state index in [2.05, 4.69) is 26.0 Å². The van der Waals surface area contributed by atoms with Gasteiger partial charge in [-0.25, -0.2) is 4.98 Å². The Bertz CT molecular complexity index is 1130. The number of hydrogen-bond acceptors (Lipinski definition) is 5. The number of amides is 1. The number of benzene rings is 2. The molecule has 2 heterocycles. The average Bonchev–Trinajstić information content (AvgIpc) is 3.41. The van der Waals surface area contributed by atoms with E-state index in [1.807, 2.05) is 42.5 Å². The first-order valence-electron chi connectivity index (χ1n) is 9.89. The number of rotatable bonds is 7. The summed E-state index contributed by atoms with van der Waals surface area (Å²) in [5.41, 5.74) is 3.09. The van der Waals surface area contributed by atoms with Crippen LogP contribution in [0.3, 0.4) is 0 Å². The zero-order chi connectivity index (χ0) is 21.1. The third-order valence-electron chi connectivity index (χ3n) is 5.01. The smallest absolute Gasteiger partial charge is 0.233 e. The molecule has 0 bridgehead atoms. The van der Waals surface area contributed by atoms with Gasteiger partial charge in [-0.05, 0) is 47.4 Å². The minimum atomic E-state index is -0.0188. The highest BCUT2D eigenvalue weighted by atomic mass is 32.1. The molecule has 5 nitrogen and oxygen atoms in total. The molecule has 0 atom stereocenters. The van der Waals surface area contributed by atoms with Crippen LogP contribution in [0, 0.1) is 0 Å². The van der Waals surface area contributed by atoms with Crippen LogP contribution in [0.4, 0.5) is 5.13 Å². The van der Waals surface area contributed by atoms with Gasteiger partial charge in [-0.1, -0.05) is 49.4 Å². The van der Waals surface area contributed by atoms with Crippen LogP contribution in [0.25, 0.3) is 10.2 Å². The van der Waals surface area contributed by atoms with Gasteiger partial charge in [-0.3, -0.25) is 9.69 Å². The van der Waals surface area contributed by atoms with Gasteiger partial charge in [0.05, 0.1) is 36.6 Å². The zero-order valence-electron chi connectivity index (χ0n) is 17.3. The van der Waals surface area contributed by atoms with E-state index in [4.69, 9.17) is 14.1 Å². The van der Waals surface area contributed by atoms with E-state index in [0.29, 0.717) is 24.0 Å². The molecule has 0 aliphatic rings. The van der Waals surface area contributed by atoms with Gasteiger partial charge in [0, 0.05) is 0 Å². The van der Waals surface area contributed by atoms with Gasteiger partial charge in [-0.2, -0.15) is 0 Å². The molecule has 0 aliphatic carbocycles. The maximum absolute atomic E-state index is 13.3. The molecule has 30 heavy (non-hydrogen) atoms. The first kappa shape index (κ1) is 20.2. The highest BCUT2D eigenvalue weighted by molar-refractivity contribution is 7.22. The fraction of sp³-hybridized carbons (Fsp3) is 0.250. The monoisotopic (exact) mass is 420 g/mol. The van der Waals surface area contributed by atoms with Gasteiger partial charge < -0.3 is 9.15 Å². The number of fused-ring (bicyclic) bond motifs is 1. The van der Waals surface area contributed by atoms with Gasteiger partial charge in [0.25, 0.3) is 0 Å². The molecule has 0 saturated carbocycles. The number of anilines is 1. The van der Waals surface area contributed by atoms with Gasteiger partial charge in [0.1, 0.15) is 11.5 Å². The first-order chi connectivity index (χ1) is 14.5. The minimum absolute atomic E-state index is 0.0188. The molecule has 2 aromatic heterocycles. The van der Waals surface area contributed by atoms with Crippen molar-refractivity contribution in [1.82, 2.24) is 4.98 Å². The molecule has 6 heteroatoms. The lowest BCUT2D eigenvalue weighted by atomic mass is 10.0. The number of thiazole rings is 1. The Balaban J connectivity index is 1.63. The van der Waals surface area contributed by atoms with Crippen molar-refractivity contribution < 1.29 is 13.9 Å². The van der Waals surface area contributed by atoms with Crippen molar-refractivity contribution in [2.45, 2.75) is 32.7 Å². The predicted molar refractivity (Wildman–Crippen MR) is 120 cm³/mol. The molecule has 0 saturated heterocycles. The molecule has 2 aromatic carbocycles. The molecule has 4 rings (SSSR count). The fourth-order valence-electron chi connectivity index (χ4n) is 3.25. The number of hydrogen-bond donors (Lipinski definition) is 0. The number of carbonyl (C=O) groups excluding carboxylic acids is 1. The van der Waals surface area contributed by atoms with Crippen molar-refractivity contribution in [2.75, 3.05) is 12.0 Å². The average molecular weight is 421 g/mol. The molecule has 1 amide bonds. The number of nitrogens with zero attached hydrogens (tertiary/aromatic N) is 2. The van der Waals surface area contributed by atoms with E-state index in [1.54, 1.807) is 18.3 Å². The van der Waals surface area contributed by atoms with Crippen molar-refractivity contribution in [3.8, 4) is 5.75 Å². The summed E-state index contributed by atoms with van der Waals surface area (Å²) in [5.74, 6) is 1.93. The largest absolute Gasteiger partial charge is 0.497 e. The summed E-state index contributed by atoms with van der Waals surface area (Å²) >= 11 is 1.47. The fourth-order valence-corrected chi connectivity index (χ4v) is 4.26. The molecule has 4 aromatic rings. The number of methoxy groups -OCH3 is 1. The van der Waals surface area contributed by atoms with E-state index in [1.165, 1.54) is 16.9 Å². The lowest BCUT2D eigenvalue weighted by molar-refractivity contribution is -0.118. The van der Waals surface area contributed by atoms with Gasteiger partial charge in [-0.15, -0.1) is 0 Å². The van der Waals surface area contributed by atoms with E-state index in [-0.39, 0.29) is 5.91 Å². The Kier molecular flexibility index (Phi) is 5.86. The number of carbonyl (C=O) groups is 1. The molecule has 0 unspecified atom stereocenters. The van der Waals surface area contributed by atoms with Crippen LogP contribution in [-0.4, -0.2) is 18.0 Å². The van der Waals surface area contributed by atoms with Crippen LogP contribution < -0.4 is 9.64 Å². The van der Waals surface area contributed by atoms with Crippen molar-refractivity contribution in [2.24, 2.45) is 0 Å². The van der Waals surface area contributed by atoms with E-state index in [9.17, 15) is 4.79 Å². The molecule has 0 spiro atoms. The third kappa shape index (κ3) is 4.39. The lowest BCUT2D eigenvalue weighted by Crippen LogP contribution is -2.31. The lowest BCUT2D eigenvalue weighted by Gasteiger charge is -2.19. The Morgan fingerprint density at radius 1 is 1.17 bits per heavy atom. The summed E-state index contributed by atoms with van der Waals surface area (Å²) < 4.78 is 11.8. The normalized spacial score (nSPS) is 11.2. The van der Waals surface area contributed by atoms with E-state index < -0.39 is 0 Å². The summed E-state index contributed by atoms with van der Waals surface area (Å²) in [4.78, 5) is 19.7. The third-order valence-corrected chi connectivity index (χ3v) is 6.05. The topological polar surface area (TPSA) is 55.6 Å². The second-order valence-corrected chi connectivity index (χ2v) is 8.47. The summed E-state index contributed by atoms with van der Waals surface area (Å²) in [7, 11) is 1.64. The number of furan rings is 1. The Morgan fingerprint density at radius 3 is 2.63 bits per heavy atom. The van der Waals surface area contributed by atoms with Crippen LogP contribution >= 0.6 is 11.3 Å². The molecule has 154 valence electrons. The van der Waals surface area contributed by atoms with Gasteiger partial charge in [0.2, 0.25) is 5.91 Å². The quantitative estimate of drug-likeness (QED) is 0.379. The van der Waals surface area contributed by atoms with Gasteiger partial charge in [0.15, 0.2) is 5.13 Å². The van der Waals surface area contributed by atoms with Crippen molar-refractivity contribution in [3.05, 3.63) is 77.7 Å². The second-order valence-electron chi connectivity index (χ2n) is 7.46. The van der Waals surface area contributed by atoms with Crippen LogP contribution in [0.1, 0.15) is 36.7 Å². The van der Waals surface area contributed by atoms with Crippen molar-refractivity contribution in [1.29, 1.82) is 0 Å². The Labute approximate surface area is 179 Å².